The summed E-state index contributed by atoms with van der Waals surface area (Å²) in [5.41, 5.74) is 4.80. The molecule has 0 unspecified atom stereocenters. The molecular formula is C19H26N4. The van der Waals surface area contributed by atoms with Crippen LogP contribution >= 0.6 is 0 Å². The molecule has 23 heavy (non-hydrogen) atoms. The van der Waals surface area contributed by atoms with Gasteiger partial charge in [-0.25, -0.2) is 0 Å². The van der Waals surface area contributed by atoms with Crippen LogP contribution in [0.3, 0.4) is 0 Å². The van der Waals surface area contributed by atoms with Crippen LogP contribution in [0, 0.1) is 13.8 Å². The highest BCUT2D eigenvalue weighted by molar-refractivity contribution is 5.31. The number of benzene rings is 1. The first-order chi connectivity index (χ1) is 11.0. The number of rotatable bonds is 6. The molecule has 1 aromatic heterocycles. The lowest BCUT2D eigenvalue weighted by atomic mass is 9.81. The van der Waals surface area contributed by atoms with Crippen LogP contribution in [0.25, 0.3) is 0 Å². The lowest BCUT2D eigenvalue weighted by Gasteiger charge is -2.25. The minimum absolute atomic E-state index is 0.0850. The summed E-state index contributed by atoms with van der Waals surface area (Å²) >= 11 is 0. The summed E-state index contributed by atoms with van der Waals surface area (Å²) in [5, 5.41) is 17.0. The van der Waals surface area contributed by atoms with E-state index in [9.17, 15) is 0 Å². The lowest BCUT2D eigenvalue weighted by Crippen LogP contribution is -2.21. The van der Waals surface area contributed by atoms with Gasteiger partial charge < -0.3 is 0 Å². The first-order valence-electron chi connectivity index (χ1n) is 8.26. The average molecular weight is 310 g/mol. The summed E-state index contributed by atoms with van der Waals surface area (Å²) < 4.78 is 0. The standard InChI is InChI=1S/C19H26N4/c1-6-19(5,7-2)17-10-11-18(23-21-17)22-20-13-16-9-8-14(3)12-15(16)4/h8-12H,6-7,13H2,1-5H3. The molecule has 2 rings (SSSR count). The number of hydrogen-bond donors (Lipinski definition) is 0. The molecule has 1 heterocycles. The Morgan fingerprint density at radius 2 is 1.74 bits per heavy atom. The fourth-order valence-electron chi connectivity index (χ4n) is 2.52. The van der Waals surface area contributed by atoms with E-state index in [1.165, 1.54) is 16.7 Å². The van der Waals surface area contributed by atoms with Crippen molar-refractivity contribution >= 4 is 5.82 Å². The third kappa shape index (κ3) is 4.21. The normalized spacial score (nSPS) is 12.0. The predicted octanol–water partition coefficient (Wildman–Crippen LogP) is 5.46. The van der Waals surface area contributed by atoms with Gasteiger partial charge >= 0.3 is 0 Å². The Labute approximate surface area is 139 Å². The van der Waals surface area contributed by atoms with E-state index in [0.717, 1.165) is 18.5 Å². The number of aryl methyl sites for hydroxylation is 2. The second-order valence-electron chi connectivity index (χ2n) is 6.37. The summed E-state index contributed by atoms with van der Waals surface area (Å²) in [5.74, 6) is 0.563. The maximum absolute atomic E-state index is 4.34. The molecule has 0 bridgehead atoms. The average Bonchev–Trinajstić information content (AvgIpc) is 2.57. The fourth-order valence-corrected chi connectivity index (χ4v) is 2.52. The number of aromatic nitrogens is 2. The van der Waals surface area contributed by atoms with Gasteiger partial charge in [-0.2, -0.15) is 10.2 Å². The third-order valence-corrected chi connectivity index (χ3v) is 4.74. The molecule has 0 aliphatic carbocycles. The minimum Gasteiger partial charge on any atom is -0.182 e. The van der Waals surface area contributed by atoms with Crippen molar-refractivity contribution in [3.05, 3.63) is 52.7 Å². The molecule has 1 aromatic carbocycles. The zero-order valence-corrected chi connectivity index (χ0v) is 14.8. The van der Waals surface area contributed by atoms with Crippen LogP contribution in [-0.2, 0) is 12.0 Å². The molecule has 0 spiro atoms. The van der Waals surface area contributed by atoms with E-state index in [2.05, 4.69) is 73.2 Å². The van der Waals surface area contributed by atoms with Crippen LogP contribution < -0.4 is 0 Å². The van der Waals surface area contributed by atoms with Gasteiger partial charge in [0.25, 0.3) is 0 Å². The van der Waals surface area contributed by atoms with Crippen molar-refractivity contribution in [1.82, 2.24) is 10.2 Å². The Morgan fingerprint density at radius 1 is 1.00 bits per heavy atom. The number of azo groups is 1. The molecule has 0 saturated heterocycles. The van der Waals surface area contributed by atoms with E-state index in [-0.39, 0.29) is 5.41 Å². The van der Waals surface area contributed by atoms with Gasteiger partial charge in [0, 0.05) is 5.41 Å². The predicted molar refractivity (Wildman–Crippen MR) is 94.1 cm³/mol. The zero-order valence-electron chi connectivity index (χ0n) is 14.8. The van der Waals surface area contributed by atoms with Crippen molar-refractivity contribution in [2.75, 3.05) is 0 Å². The van der Waals surface area contributed by atoms with Crippen LogP contribution in [0.5, 0.6) is 0 Å². The van der Waals surface area contributed by atoms with Gasteiger partial charge in [0.15, 0.2) is 5.82 Å². The summed E-state index contributed by atoms with van der Waals surface area (Å²) in [6.07, 6.45) is 2.09. The first-order valence-corrected chi connectivity index (χ1v) is 8.26. The molecule has 0 aliphatic heterocycles. The Morgan fingerprint density at radius 3 is 2.30 bits per heavy atom. The molecule has 0 atom stereocenters. The van der Waals surface area contributed by atoms with Crippen molar-refractivity contribution in [2.45, 2.75) is 59.4 Å². The second-order valence-corrected chi connectivity index (χ2v) is 6.37. The molecule has 4 nitrogen and oxygen atoms in total. The van der Waals surface area contributed by atoms with Gasteiger partial charge in [-0.1, -0.05) is 44.5 Å². The van der Waals surface area contributed by atoms with Crippen LogP contribution in [0.4, 0.5) is 5.82 Å². The summed E-state index contributed by atoms with van der Waals surface area (Å²) in [6, 6.07) is 10.3. The molecular weight excluding hydrogens is 284 g/mol. The monoisotopic (exact) mass is 310 g/mol. The number of hydrogen-bond acceptors (Lipinski definition) is 4. The fraction of sp³-hybridized carbons (Fsp3) is 0.474. The van der Waals surface area contributed by atoms with Gasteiger partial charge in [0.2, 0.25) is 0 Å². The molecule has 0 fully saturated rings. The second kappa shape index (κ2) is 7.44. The molecule has 4 heteroatoms. The topological polar surface area (TPSA) is 50.5 Å². The van der Waals surface area contributed by atoms with E-state index >= 15 is 0 Å². The van der Waals surface area contributed by atoms with E-state index in [1.54, 1.807) is 0 Å². The molecule has 0 saturated carbocycles. The van der Waals surface area contributed by atoms with Crippen molar-refractivity contribution in [1.29, 1.82) is 0 Å². The van der Waals surface area contributed by atoms with E-state index in [4.69, 9.17) is 0 Å². The van der Waals surface area contributed by atoms with E-state index in [1.807, 2.05) is 12.1 Å². The van der Waals surface area contributed by atoms with E-state index in [0.29, 0.717) is 12.4 Å². The molecule has 0 N–H and O–H groups in total. The maximum atomic E-state index is 4.34. The molecule has 2 aromatic rings. The summed E-state index contributed by atoms with van der Waals surface area (Å²) in [7, 11) is 0. The van der Waals surface area contributed by atoms with Crippen LogP contribution in [-0.4, -0.2) is 10.2 Å². The maximum Gasteiger partial charge on any atom is 0.195 e. The first kappa shape index (κ1) is 17.3. The lowest BCUT2D eigenvalue weighted by molar-refractivity contribution is 0.421. The largest absolute Gasteiger partial charge is 0.195 e. The number of nitrogens with zero attached hydrogens (tertiary/aromatic N) is 4. The van der Waals surface area contributed by atoms with Gasteiger partial charge in [-0.05, 0) is 49.9 Å². The van der Waals surface area contributed by atoms with E-state index < -0.39 is 0 Å². The quantitative estimate of drug-likeness (QED) is 0.666. The van der Waals surface area contributed by atoms with Gasteiger partial charge in [-0.3, -0.25) is 0 Å². The van der Waals surface area contributed by atoms with Gasteiger partial charge in [-0.15, -0.1) is 10.2 Å². The Bertz CT molecular complexity index is 670. The van der Waals surface area contributed by atoms with Crippen LogP contribution in [0.1, 0.15) is 56.0 Å². The van der Waals surface area contributed by atoms with Crippen molar-refractivity contribution in [3.8, 4) is 0 Å². The molecule has 0 radical (unpaired) electrons. The highest BCUT2D eigenvalue weighted by Crippen LogP contribution is 2.29. The molecule has 122 valence electrons. The van der Waals surface area contributed by atoms with Gasteiger partial charge in [0.1, 0.15) is 0 Å². The van der Waals surface area contributed by atoms with Gasteiger partial charge in [0.05, 0.1) is 12.2 Å². The third-order valence-electron chi connectivity index (χ3n) is 4.74. The van der Waals surface area contributed by atoms with Crippen LogP contribution in [0.15, 0.2) is 40.6 Å². The Balaban J connectivity index is 2.06. The zero-order chi connectivity index (χ0) is 16.9. The smallest absolute Gasteiger partial charge is 0.182 e. The summed E-state index contributed by atoms with van der Waals surface area (Å²) in [6.45, 7) is 11.3. The molecule has 0 amide bonds. The summed E-state index contributed by atoms with van der Waals surface area (Å²) in [4.78, 5) is 0. The van der Waals surface area contributed by atoms with Crippen LogP contribution in [0.2, 0.25) is 0 Å². The molecule has 0 aliphatic rings. The highest BCUT2D eigenvalue weighted by Gasteiger charge is 2.24. The van der Waals surface area contributed by atoms with Crippen molar-refractivity contribution in [2.24, 2.45) is 10.2 Å². The minimum atomic E-state index is 0.0850. The highest BCUT2D eigenvalue weighted by atomic mass is 15.2. The SMILES string of the molecule is CCC(C)(CC)c1ccc(N=NCc2ccc(C)cc2C)nn1. The van der Waals surface area contributed by atoms with Crippen molar-refractivity contribution in [3.63, 3.8) is 0 Å². The Hall–Kier alpha value is -2.10. The Kier molecular flexibility index (Phi) is 5.59. The van der Waals surface area contributed by atoms with Crippen molar-refractivity contribution < 1.29 is 0 Å².